The summed E-state index contributed by atoms with van der Waals surface area (Å²) in [7, 11) is 1.55. The van der Waals surface area contributed by atoms with Gasteiger partial charge in [-0.05, 0) is 38.0 Å². The van der Waals surface area contributed by atoms with Crippen LogP contribution >= 0.6 is 0 Å². The molecule has 1 saturated carbocycles. The van der Waals surface area contributed by atoms with Gasteiger partial charge in [0.05, 0.1) is 31.5 Å². The average Bonchev–Trinajstić information content (AvgIpc) is 2.74. The first-order chi connectivity index (χ1) is 15.1. The molecule has 0 atom stereocenters. The number of rotatable bonds is 7. The maximum Gasteiger partial charge on any atom is 0.341 e. The van der Waals surface area contributed by atoms with Crippen LogP contribution in [0.3, 0.4) is 0 Å². The summed E-state index contributed by atoms with van der Waals surface area (Å²) in [6, 6.07) is 5.13. The summed E-state index contributed by atoms with van der Waals surface area (Å²) in [5, 5.41) is 11.6. The number of benzene rings is 1. The number of hydrogen-bond donors (Lipinski definition) is 1. The van der Waals surface area contributed by atoms with Gasteiger partial charge in [-0.1, -0.05) is 6.92 Å². The molecule has 1 N–H and O–H groups in total. The van der Waals surface area contributed by atoms with Crippen LogP contribution in [0.1, 0.15) is 56.0 Å². The Hall–Kier alpha value is -3.29. The molecule has 0 amide bonds. The van der Waals surface area contributed by atoms with E-state index >= 15 is 0 Å². The molecule has 32 heavy (non-hydrogen) atoms. The first-order valence-electron chi connectivity index (χ1n) is 10.8. The van der Waals surface area contributed by atoms with Crippen LogP contribution < -0.4 is 19.9 Å². The molecule has 2 heterocycles. The Bertz CT molecular complexity index is 1140. The van der Waals surface area contributed by atoms with Crippen molar-refractivity contribution in [3.8, 4) is 22.8 Å². The Kier molecular flexibility index (Phi) is 5.48. The van der Waals surface area contributed by atoms with Crippen LogP contribution in [0.25, 0.3) is 11.3 Å². The maximum atomic E-state index is 12.5. The van der Waals surface area contributed by atoms with Gasteiger partial charge in [-0.2, -0.15) is 0 Å². The minimum Gasteiger partial charge on any atom is -0.493 e. The SMILES string of the molecule is CCC(C)(C)N1Cc2cc(OCC3CC(=O)C3)c(OC)cc2-c2cc(=O)c(C(=O)O)cn21. The molecule has 0 radical (unpaired) electrons. The van der Waals surface area contributed by atoms with Crippen LogP contribution in [0, 0.1) is 5.92 Å². The summed E-state index contributed by atoms with van der Waals surface area (Å²) < 4.78 is 13.3. The lowest BCUT2D eigenvalue weighted by atomic mass is 9.85. The fourth-order valence-corrected chi connectivity index (χ4v) is 4.16. The normalized spacial score (nSPS) is 15.6. The number of Topliss-reactive ketones (excluding diaryl/α,β-unsaturated/α-hetero) is 1. The van der Waals surface area contributed by atoms with Gasteiger partial charge >= 0.3 is 5.97 Å². The molecular formula is C24H28N2O6. The van der Waals surface area contributed by atoms with Crippen molar-refractivity contribution in [2.24, 2.45) is 5.92 Å². The molecule has 1 aromatic carbocycles. The van der Waals surface area contributed by atoms with Gasteiger partial charge in [-0.25, -0.2) is 4.79 Å². The second-order valence-electron chi connectivity index (χ2n) is 9.09. The second kappa shape index (κ2) is 8.00. The molecule has 0 unspecified atom stereocenters. The monoisotopic (exact) mass is 440 g/mol. The summed E-state index contributed by atoms with van der Waals surface area (Å²) in [4.78, 5) is 35.4. The number of pyridine rings is 1. The van der Waals surface area contributed by atoms with Crippen LogP contribution in [0.4, 0.5) is 0 Å². The molecule has 8 heteroatoms. The topological polar surface area (TPSA) is 98.1 Å². The van der Waals surface area contributed by atoms with E-state index in [-0.39, 0.29) is 22.8 Å². The van der Waals surface area contributed by atoms with E-state index < -0.39 is 11.4 Å². The molecule has 4 rings (SSSR count). The van der Waals surface area contributed by atoms with Gasteiger partial charge in [0.1, 0.15) is 11.3 Å². The van der Waals surface area contributed by atoms with Gasteiger partial charge in [-0.3, -0.25) is 14.3 Å². The zero-order valence-electron chi connectivity index (χ0n) is 18.8. The van der Waals surface area contributed by atoms with Crippen LogP contribution in [0.5, 0.6) is 11.5 Å². The number of carbonyl (C=O) groups excluding carboxylic acids is 1. The van der Waals surface area contributed by atoms with Crippen molar-refractivity contribution < 1.29 is 24.2 Å². The van der Waals surface area contributed by atoms with Crippen molar-refractivity contribution >= 4 is 11.8 Å². The van der Waals surface area contributed by atoms with Crippen LogP contribution in [0.15, 0.2) is 29.2 Å². The summed E-state index contributed by atoms with van der Waals surface area (Å²) in [6.45, 7) is 7.18. The van der Waals surface area contributed by atoms with E-state index in [1.807, 2.05) is 12.1 Å². The number of aromatic nitrogens is 1. The van der Waals surface area contributed by atoms with E-state index in [4.69, 9.17) is 9.47 Å². The molecule has 1 aromatic heterocycles. The largest absolute Gasteiger partial charge is 0.493 e. The van der Waals surface area contributed by atoms with E-state index in [1.54, 1.807) is 11.8 Å². The van der Waals surface area contributed by atoms with Gasteiger partial charge in [0.15, 0.2) is 16.9 Å². The number of carbonyl (C=O) groups is 2. The highest BCUT2D eigenvalue weighted by atomic mass is 16.5. The van der Waals surface area contributed by atoms with Crippen molar-refractivity contribution in [3.63, 3.8) is 0 Å². The Morgan fingerprint density at radius 1 is 1.19 bits per heavy atom. The standard InChI is InChI=1S/C24H28N2O6/c1-5-24(2,3)26-11-15-8-22(32-13-14-6-16(27)7-14)21(31-4)9-17(15)19-10-20(28)18(23(29)30)12-25(19)26/h8-10,12,14H,5-7,11,13H2,1-4H3,(H,29,30). The third kappa shape index (κ3) is 3.74. The van der Waals surface area contributed by atoms with Crippen molar-refractivity contribution in [2.75, 3.05) is 18.7 Å². The van der Waals surface area contributed by atoms with E-state index in [0.29, 0.717) is 43.2 Å². The Balaban J connectivity index is 1.81. The number of carboxylic acid groups (broad SMARTS) is 1. The molecule has 0 bridgehead atoms. The summed E-state index contributed by atoms with van der Waals surface area (Å²) in [5.74, 6) is 0.363. The minimum absolute atomic E-state index is 0.229. The van der Waals surface area contributed by atoms with Crippen molar-refractivity contribution in [1.29, 1.82) is 0 Å². The van der Waals surface area contributed by atoms with E-state index in [0.717, 1.165) is 17.5 Å². The summed E-state index contributed by atoms with van der Waals surface area (Å²) in [6.07, 6.45) is 3.32. The molecule has 1 aliphatic carbocycles. The van der Waals surface area contributed by atoms with Gasteiger partial charge < -0.3 is 19.6 Å². The first kappa shape index (κ1) is 21.9. The Labute approximate surface area is 186 Å². The Morgan fingerprint density at radius 2 is 1.91 bits per heavy atom. The molecule has 1 fully saturated rings. The maximum absolute atomic E-state index is 12.5. The fraction of sp³-hybridized carbons (Fsp3) is 0.458. The van der Waals surface area contributed by atoms with Gasteiger partial charge in [0.25, 0.3) is 0 Å². The summed E-state index contributed by atoms with van der Waals surface area (Å²) >= 11 is 0. The second-order valence-corrected chi connectivity index (χ2v) is 9.09. The molecule has 0 spiro atoms. The van der Waals surface area contributed by atoms with Gasteiger partial charge in [0.2, 0.25) is 0 Å². The lowest BCUT2D eigenvalue weighted by Crippen LogP contribution is -2.52. The number of carboxylic acids is 1. The quantitative estimate of drug-likeness (QED) is 0.706. The summed E-state index contributed by atoms with van der Waals surface area (Å²) in [5.41, 5.74) is 1.25. The third-order valence-corrected chi connectivity index (χ3v) is 6.58. The highest BCUT2D eigenvalue weighted by molar-refractivity contribution is 5.88. The van der Waals surface area contributed by atoms with E-state index in [9.17, 15) is 19.5 Å². The highest BCUT2D eigenvalue weighted by Crippen LogP contribution is 2.40. The number of aromatic carboxylic acids is 1. The molecule has 0 saturated heterocycles. The number of fused-ring (bicyclic) bond motifs is 3. The molecule has 1 aliphatic heterocycles. The Morgan fingerprint density at radius 3 is 2.50 bits per heavy atom. The molecule has 170 valence electrons. The zero-order valence-corrected chi connectivity index (χ0v) is 18.8. The number of hydrogen-bond acceptors (Lipinski definition) is 6. The lowest BCUT2D eigenvalue weighted by molar-refractivity contribution is -0.127. The molecular weight excluding hydrogens is 412 g/mol. The predicted octanol–water partition coefficient (Wildman–Crippen LogP) is 3.22. The van der Waals surface area contributed by atoms with Gasteiger partial charge in [-0.15, -0.1) is 0 Å². The average molecular weight is 440 g/mol. The molecule has 2 aliphatic rings. The number of methoxy groups -OCH3 is 1. The highest BCUT2D eigenvalue weighted by Gasteiger charge is 2.33. The lowest BCUT2D eigenvalue weighted by Gasteiger charge is -2.45. The molecule has 2 aromatic rings. The fourth-order valence-electron chi connectivity index (χ4n) is 4.16. The van der Waals surface area contributed by atoms with E-state index in [2.05, 4.69) is 25.8 Å². The molecule has 8 nitrogen and oxygen atoms in total. The predicted molar refractivity (Wildman–Crippen MR) is 119 cm³/mol. The smallest absolute Gasteiger partial charge is 0.341 e. The van der Waals surface area contributed by atoms with Gasteiger partial charge in [0, 0.05) is 36.6 Å². The minimum atomic E-state index is -1.25. The van der Waals surface area contributed by atoms with Crippen molar-refractivity contribution in [2.45, 2.75) is 52.1 Å². The van der Waals surface area contributed by atoms with E-state index in [1.165, 1.54) is 12.3 Å². The zero-order chi connectivity index (χ0) is 23.2. The number of ketones is 1. The van der Waals surface area contributed by atoms with Crippen molar-refractivity contribution in [3.05, 3.63) is 45.7 Å². The van der Waals surface area contributed by atoms with Crippen LogP contribution in [0.2, 0.25) is 0 Å². The number of ether oxygens (including phenoxy) is 2. The van der Waals surface area contributed by atoms with Crippen molar-refractivity contribution in [1.82, 2.24) is 4.68 Å². The van der Waals surface area contributed by atoms with Crippen LogP contribution in [-0.4, -0.2) is 40.8 Å². The first-order valence-corrected chi connectivity index (χ1v) is 10.8. The van der Waals surface area contributed by atoms with Crippen LogP contribution in [-0.2, 0) is 11.3 Å². The third-order valence-electron chi connectivity index (χ3n) is 6.58. The number of nitrogens with zero attached hydrogens (tertiary/aromatic N) is 2.